The Bertz CT molecular complexity index is 1080. The molecule has 0 bridgehead atoms. The average Bonchev–Trinajstić information content (AvgIpc) is 2.91. The van der Waals surface area contributed by atoms with Crippen LogP contribution in [0.1, 0.15) is 11.3 Å². The maximum absolute atomic E-state index is 12.6. The van der Waals surface area contributed by atoms with Crippen molar-refractivity contribution in [1.29, 1.82) is 0 Å². The molecule has 0 saturated heterocycles. The average molecular weight is 320 g/mol. The van der Waals surface area contributed by atoms with Crippen LogP contribution in [0.2, 0.25) is 0 Å². The smallest absolute Gasteiger partial charge is 0.270 e. The Morgan fingerprint density at radius 1 is 0.957 bits per heavy atom. The number of aryl methyl sites for hydroxylation is 2. The van der Waals surface area contributed by atoms with Crippen LogP contribution in [-0.4, -0.2) is 4.68 Å². The number of nitrogens with zero attached hydrogens (tertiary/aromatic N) is 1. The van der Waals surface area contributed by atoms with Crippen molar-refractivity contribution in [1.82, 2.24) is 4.68 Å². The van der Waals surface area contributed by atoms with E-state index < -0.39 is 0 Å². The third-order valence-corrected chi connectivity index (χ3v) is 5.34. The molecular weight excluding hydrogens is 304 g/mol. The molecule has 2 aromatic heterocycles. The number of hydrogen-bond acceptors (Lipinski definition) is 3. The first-order chi connectivity index (χ1) is 11.1. The first-order valence-electron chi connectivity index (χ1n) is 7.51. The van der Waals surface area contributed by atoms with E-state index in [0.29, 0.717) is 0 Å². The number of aromatic nitrogens is 1. The van der Waals surface area contributed by atoms with Gasteiger partial charge in [0.2, 0.25) is 0 Å². The van der Waals surface area contributed by atoms with Crippen molar-refractivity contribution in [3.8, 4) is 0 Å². The highest BCUT2D eigenvalue weighted by Crippen LogP contribution is 2.35. The van der Waals surface area contributed by atoms with Crippen LogP contribution in [0.15, 0.2) is 59.4 Å². The summed E-state index contributed by atoms with van der Waals surface area (Å²) in [5, 5.41) is 2.21. The highest BCUT2D eigenvalue weighted by atomic mass is 32.1. The first-order valence-corrected chi connectivity index (χ1v) is 8.33. The highest BCUT2D eigenvalue weighted by molar-refractivity contribution is 7.26. The second-order valence-corrected chi connectivity index (χ2v) is 6.78. The van der Waals surface area contributed by atoms with Gasteiger partial charge in [0, 0.05) is 21.5 Å². The number of fused-ring (bicyclic) bond motifs is 3. The number of anilines is 1. The van der Waals surface area contributed by atoms with Crippen LogP contribution in [0, 0.1) is 13.8 Å². The second-order valence-electron chi connectivity index (χ2n) is 5.73. The molecule has 0 fully saturated rings. The predicted octanol–water partition coefficient (Wildman–Crippen LogP) is 4.71. The van der Waals surface area contributed by atoms with Crippen molar-refractivity contribution in [3.63, 3.8) is 0 Å². The number of hydrogen-bond donors (Lipinski definition) is 1. The lowest BCUT2D eigenvalue weighted by Crippen LogP contribution is -2.27. The normalized spacial score (nSPS) is 11.2. The van der Waals surface area contributed by atoms with Crippen LogP contribution in [0.3, 0.4) is 0 Å². The fourth-order valence-electron chi connectivity index (χ4n) is 2.88. The summed E-state index contributed by atoms with van der Waals surface area (Å²) in [6.07, 6.45) is 0. The van der Waals surface area contributed by atoms with Crippen LogP contribution in [0.25, 0.3) is 20.2 Å². The molecule has 2 heterocycles. The first kappa shape index (κ1) is 14.0. The van der Waals surface area contributed by atoms with Gasteiger partial charge in [-0.1, -0.05) is 29.8 Å². The van der Waals surface area contributed by atoms with Crippen LogP contribution in [0.5, 0.6) is 0 Å². The summed E-state index contributed by atoms with van der Waals surface area (Å²) < 4.78 is 3.99. The molecule has 1 N–H and O–H groups in total. The summed E-state index contributed by atoms with van der Waals surface area (Å²) in [4.78, 5) is 12.6. The van der Waals surface area contributed by atoms with Crippen LogP contribution in [-0.2, 0) is 0 Å². The molecule has 0 amide bonds. The Kier molecular flexibility index (Phi) is 3.20. The van der Waals surface area contributed by atoms with E-state index in [1.807, 2.05) is 37.3 Å². The molecule has 0 saturated carbocycles. The van der Waals surface area contributed by atoms with Crippen molar-refractivity contribution in [2.45, 2.75) is 13.8 Å². The van der Waals surface area contributed by atoms with E-state index in [-0.39, 0.29) is 5.56 Å². The third kappa shape index (κ3) is 2.32. The SMILES string of the molecule is Cc1ccc2sc3c(C)n(Nc4ccccc4)c(=O)cc3c2c1. The third-order valence-electron chi connectivity index (χ3n) is 4.05. The lowest BCUT2D eigenvalue weighted by Gasteiger charge is -2.13. The minimum Gasteiger partial charge on any atom is -0.291 e. The lowest BCUT2D eigenvalue weighted by atomic mass is 10.1. The van der Waals surface area contributed by atoms with Gasteiger partial charge < -0.3 is 0 Å². The van der Waals surface area contributed by atoms with E-state index in [9.17, 15) is 4.79 Å². The number of rotatable bonds is 2. The number of para-hydroxylation sites is 1. The molecule has 0 spiro atoms. The maximum atomic E-state index is 12.6. The number of benzene rings is 2. The molecular formula is C19H16N2OS. The molecule has 0 aliphatic heterocycles. The van der Waals surface area contributed by atoms with Crippen LogP contribution in [0.4, 0.5) is 5.69 Å². The summed E-state index contributed by atoms with van der Waals surface area (Å²) in [5.41, 5.74) is 6.20. The largest absolute Gasteiger partial charge is 0.291 e. The second kappa shape index (κ2) is 5.25. The zero-order chi connectivity index (χ0) is 16.0. The van der Waals surface area contributed by atoms with Gasteiger partial charge in [0.15, 0.2) is 0 Å². The lowest BCUT2D eigenvalue weighted by molar-refractivity contribution is 0.870. The molecule has 0 radical (unpaired) electrons. The molecule has 0 aliphatic rings. The Labute approximate surface area is 137 Å². The van der Waals surface area contributed by atoms with Gasteiger partial charge in [0.05, 0.1) is 16.1 Å². The molecule has 4 heteroatoms. The number of thiophene rings is 1. The molecule has 0 aliphatic carbocycles. The summed E-state index contributed by atoms with van der Waals surface area (Å²) in [7, 11) is 0. The Morgan fingerprint density at radius 2 is 1.74 bits per heavy atom. The Morgan fingerprint density at radius 3 is 2.52 bits per heavy atom. The van der Waals surface area contributed by atoms with Gasteiger partial charge >= 0.3 is 0 Å². The Hall–Kier alpha value is -2.59. The summed E-state index contributed by atoms with van der Waals surface area (Å²) in [6.45, 7) is 4.07. The van der Waals surface area contributed by atoms with E-state index in [0.717, 1.165) is 26.9 Å². The molecule has 2 aromatic carbocycles. The standard InChI is InChI=1S/C19H16N2OS/c1-12-8-9-17-15(10-12)16-11-18(22)21(13(2)19(16)23-17)20-14-6-4-3-5-7-14/h3-11,20H,1-2H3. The summed E-state index contributed by atoms with van der Waals surface area (Å²) in [5.74, 6) is 0. The van der Waals surface area contributed by atoms with Gasteiger partial charge in [-0.05, 0) is 38.1 Å². The zero-order valence-electron chi connectivity index (χ0n) is 13.0. The van der Waals surface area contributed by atoms with Gasteiger partial charge in [0.1, 0.15) is 0 Å². The topological polar surface area (TPSA) is 34.0 Å². The van der Waals surface area contributed by atoms with Gasteiger partial charge in [-0.2, -0.15) is 0 Å². The highest BCUT2D eigenvalue weighted by Gasteiger charge is 2.12. The molecule has 3 nitrogen and oxygen atoms in total. The fraction of sp³-hybridized carbons (Fsp3) is 0.105. The minimum absolute atomic E-state index is 0.0416. The van der Waals surface area contributed by atoms with E-state index in [1.165, 1.54) is 10.3 Å². The molecule has 4 aromatic rings. The predicted molar refractivity (Wildman–Crippen MR) is 98.5 cm³/mol. The molecule has 4 rings (SSSR count). The van der Waals surface area contributed by atoms with Gasteiger partial charge in [-0.25, -0.2) is 4.68 Å². The van der Waals surface area contributed by atoms with Crippen molar-refractivity contribution < 1.29 is 0 Å². The van der Waals surface area contributed by atoms with Gasteiger partial charge in [-0.15, -0.1) is 11.3 Å². The van der Waals surface area contributed by atoms with Gasteiger partial charge in [-0.3, -0.25) is 10.2 Å². The maximum Gasteiger partial charge on any atom is 0.270 e. The zero-order valence-corrected chi connectivity index (χ0v) is 13.8. The van der Waals surface area contributed by atoms with E-state index >= 15 is 0 Å². The van der Waals surface area contributed by atoms with E-state index in [1.54, 1.807) is 22.1 Å². The van der Waals surface area contributed by atoms with E-state index in [2.05, 4.69) is 30.5 Å². The molecule has 0 unspecified atom stereocenters. The minimum atomic E-state index is -0.0416. The van der Waals surface area contributed by atoms with E-state index in [4.69, 9.17) is 0 Å². The molecule has 0 atom stereocenters. The summed E-state index contributed by atoms with van der Waals surface area (Å²) >= 11 is 1.73. The quantitative estimate of drug-likeness (QED) is 0.580. The monoisotopic (exact) mass is 320 g/mol. The summed E-state index contributed by atoms with van der Waals surface area (Å²) in [6, 6.07) is 17.9. The molecule has 23 heavy (non-hydrogen) atoms. The number of pyridine rings is 1. The van der Waals surface area contributed by atoms with Crippen molar-refractivity contribution >= 4 is 37.2 Å². The van der Waals surface area contributed by atoms with Gasteiger partial charge in [0.25, 0.3) is 5.56 Å². The van der Waals surface area contributed by atoms with Crippen molar-refractivity contribution in [2.75, 3.05) is 5.43 Å². The fourth-order valence-corrected chi connectivity index (χ4v) is 4.03. The molecule has 114 valence electrons. The number of nitrogens with one attached hydrogen (secondary N) is 1. The van der Waals surface area contributed by atoms with Crippen molar-refractivity contribution in [3.05, 3.63) is 76.2 Å². The van der Waals surface area contributed by atoms with Crippen LogP contribution >= 0.6 is 11.3 Å². The van der Waals surface area contributed by atoms with Crippen LogP contribution < -0.4 is 11.0 Å². The Balaban J connectivity index is 1.97. The van der Waals surface area contributed by atoms with Crippen molar-refractivity contribution in [2.24, 2.45) is 0 Å².